The number of hydrogen-bond donors (Lipinski definition) is 1. The molecule has 2 rings (SSSR count). The zero-order valence-electron chi connectivity index (χ0n) is 14.7. The summed E-state index contributed by atoms with van der Waals surface area (Å²) in [6.07, 6.45) is 0. The van der Waals surface area contributed by atoms with Crippen molar-refractivity contribution in [1.82, 2.24) is 5.32 Å². The highest BCUT2D eigenvalue weighted by Gasteiger charge is 2.10. The number of nitrogens with zero attached hydrogens (tertiary/aromatic N) is 1. The summed E-state index contributed by atoms with van der Waals surface area (Å²) in [6.45, 7) is 8.95. The highest BCUT2D eigenvalue weighted by atomic mass is 32.2. The second kappa shape index (κ2) is 9.38. The van der Waals surface area contributed by atoms with E-state index < -0.39 is 0 Å². The van der Waals surface area contributed by atoms with Crippen molar-refractivity contribution >= 4 is 23.4 Å². The highest BCUT2D eigenvalue weighted by Crippen LogP contribution is 2.22. The fourth-order valence-corrected chi connectivity index (χ4v) is 3.43. The van der Waals surface area contributed by atoms with E-state index in [4.69, 9.17) is 0 Å². The monoisotopic (exact) mass is 342 g/mol. The molecular formula is C20H26N2OS. The van der Waals surface area contributed by atoms with Crippen LogP contribution < -0.4 is 10.2 Å². The fraction of sp³-hybridized carbons (Fsp3) is 0.350. The zero-order chi connectivity index (χ0) is 17.4. The molecule has 0 unspecified atom stereocenters. The second-order valence-corrected chi connectivity index (χ2v) is 6.76. The molecule has 128 valence electrons. The minimum Gasteiger partial charge on any atom is -0.372 e. The van der Waals surface area contributed by atoms with Gasteiger partial charge in [-0.3, -0.25) is 4.79 Å². The van der Waals surface area contributed by atoms with E-state index in [0.717, 1.165) is 34.9 Å². The smallest absolute Gasteiger partial charge is 0.252 e. The Morgan fingerprint density at radius 2 is 1.67 bits per heavy atom. The van der Waals surface area contributed by atoms with Crippen molar-refractivity contribution < 1.29 is 4.79 Å². The summed E-state index contributed by atoms with van der Waals surface area (Å²) >= 11 is 1.70. The third kappa shape index (κ3) is 4.78. The predicted octanol–water partition coefficient (Wildman–Crippen LogP) is 4.57. The predicted molar refractivity (Wildman–Crippen MR) is 104 cm³/mol. The molecule has 0 aliphatic rings. The molecule has 0 radical (unpaired) electrons. The van der Waals surface area contributed by atoms with E-state index in [1.54, 1.807) is 11.8 Å². The van der Waals surface area contributed by atoms with Crippen LogP contribution in [-0.2, 0) is 6.54 Å². The number of hydrogen-bond acceptors (Lipinski definition) is 3. The molecule has 0 fully saturated rings. The van der Waals surface area contributed by atoms with Gasteiger partial charge in [0.15, 0.2) is 0 Å². The number of anilines is 1. The van der Waals surface area contributed by atoms with Crippen LogP contribution >= 0.6 is 11.8 Å². The number of rotatable bonds is 8. The molecule has 24 heavy (non-hydrogen) atoms. The minimum atomic E-state index is -0.0145. The Balaban J connectivity index is 1.99. The van der Waals surface area contributed by atoms with Crippen molar-refractivity contribution in [3.8, 4) is 0 Å². The van der Waals surface area contributed by atoms with Crippen LogP contribution in [0.5, 0.6) is 0 Å². The Hall–Kier alpha value is -1.94. The Morgan fingerprint density at radius 1 is 1.00 bits per heavy atom. The van der Waals surface area contributed by atoms with Crippen LogP contribution in [0.25, 0.3) is 0 Å². The first-order valence-corrected chi connectivity index (χ1v) is 9.52. The molecule has 0 aromatic heterocycles. The highest BCUT2D eigenvalue weighted by molar-refractivity contribution is 7.99. The second-order valence-electron chi connectivity index (χ2n) is 5.45. The molecule has 1 amide bonds. The topological polar surface area (TPSA) is 32.3 Å². The lowest BCUT2D eigenvalue weighted by atomic mass is 10.1. The molecule has 0 aliphatic carbocycles. The van der Waals surface area contributed by atoms with Crippen molar-refractivity contribution in [2.24, 2.45) is 0 Å². The molecule has 0 aliphatic heterocycles. The number of carbonyl (C=O) groups excluding carboxylic acids is 1. The summed E-state index contributed by atoms with van der Waals surface area (Å²) in [5.41, 5.74) is 3.09. The van der Waals surface area contributed by atoms with Crippen molar-refractivity contribution in [2.75, 3.05) is 23.7 Å². The summed E-state index contributed by atoms with van der Waals surface area (Å²) in [5.74, 6) is 0.941. The molecule has 0 spiro atoms. The van der Waals surface area contributed by atoms with Crippen LogP contribution in [0.4, 0.5) is 5.69 Å². The van der Waals surface area contributed by atoms with Gasteiger partial charge in [-0.25, -0.2) is 0 Å². The third-order valence-electron chi connectivity index (χ3n) is 3.95. The van der Waals surface area contributed by atoms with Gasteiger partial charge in [-0.1, -0.05) is 31.2 Å². The molecule has 0 atom stereocenters. The lowest BCUT2D eigenvalue weighted by Gasteiger charge is -2.21. The van der Waals surface area contributed by atoms with E-state index in [9.17, 15) is 4.79 Å². The van der Waals surface area contributed by atoms with Crippen LogP contribution in [0.3, 0.4) is 0 Å². The van der Waals surface area contributed by atoms with Crippen LogP contribution in [-0.4, -0.2) is 24.7 Å². The standard InChI is InChI=1S/C20H26N2OS/c1-4-22(5-2)17-13-11-16(12-14-17)15-21-20(23)18-9-7-8-10-19(18)24-6-3/h7-14H,4-6,15H2,1-3H3,(H,21,23). The molecule has 2 aromatic carbocycles. The average molecular weight is 343 g/mol. The van der Waals surface area contributed by atoms with Gasteiger partial charge < -0.3 is 10.2 Å². The lowest BCUT2D eigenvalue weighted by molar-refractivity contribution is 0.0948. The van der Waals surface area contributed by atoms with Crippen molar-refractivity contribution in [3.05, 3.63) is 59.7 Å². The first kappa shape index (κ1) is 18.4. The largest absolute Gasteiger partial charge is 0.372 e. The number of benzene rings is 2. The number of amides is 1. The van der Waals surface area contributed by atoms with E-state index in [0.29, 0.717) is 6.54 Å². The molecule has 0 bridgehead atoms. The number of carbonyl (C=O) groups is 1. The number of nitrogens with one attached hydrogen (secondary N) is 1. The van der Waals surface area contributed by atoms with E-state index in [1.807, 2.05) is 24.3 Å². The average Bonchev–Trinajstić information content (AvgIpc) is 2.62. The normalized spacial score (nSPS) is 10.5. The van der Waals surface area contributed by atoms with Gasteiger partial charge in [0.1, 0.15) is 0 Å². The van der Waals surface area contributed by atoms with E-state index in [-0.39, 0.29) is 5.91 Å². The molecule has 0 saturated heterocycles. The Morgan fingerprint density at radius 3 is 2.29 bits per heavy atom. The zero-order valence-corrected chi connectivity index (χ0v) is 15.5. The molecule has 3 nitrogen and oxygen atoms in total. The third-order valence-corrected chi connectivity index (χ3v) is 4.91. The lowest BCUT2D eigenvalue weighted by Crippen LogP contribution is -2.24. The maximum atomic E-state index is 12.4. The number of thioether (sulfide) groups is 1. The van der Waals surface area contributed by atoms with Crippen molar-refractivity contribution in [3.63, 3.8) is 0 Å². The first-order chi connectivity index (χ1) is 11.7. The summed E-state index contributed by atoms with van der Waals surface area (Å²) < 4.78 is 0. The molecule has 4 heteroatoms. The Labute approximate surface area is 149 Å². The van der Waals surface area contributed by atoms with Gasteiger partial charge in [-0.15, -0.1) is 11.8 Å². The van der Waals surface area contributed by atoms with E-state index in [1.165, 1.54) is 5.69 Å². The fourth-order valence-electron chi connectivity index (χ4n) is 2.63. The van der Waals surface area contributed by atoms with Crippen molar-refractivity contribution in [2.45, 2.75) is 32.2 Å². The van der Waals surface area contributed by atoms with Gasteiger partial charge in [-0.05, 0) is 49.4 Å². The molecule has 2 aromatic rings. The van der Waals surface area contributed by atoms with Gasteiger partial charge in [0.05, 0.1) is 5.56 Å². The quantitative estimate of drug-likeness (QED) is 0.713. The van der Waals surface area contributed by atoms with Crippen LogP contribution in [0, 0.1) is 0 Å². The van der Waals surface area contributed by atoms with Crippen molar-refractivity contribution in [1.29, 1.82) is 0 Å². The molecule has 0 saturated carbocycles. The van der Waals surface area contributed by atoms with Crippen LogP contribution in [0.1, 0.15) is 36.7 Å². The first-order valence-electron chi connectivity index (χ1n) is 8.53. The van der Waals surface area contributed by atoms with Gasteiger partial charge in [0.2, 0.25) is 0 Å². The van der Waals surface area contributed by atoms with Crippen LogP contribution in [0.2, 0.25) is 0 Å². The Kier molecular flexibility index (Phi) is 7.19. The molecule has 0 heterocycles. The summed E-state index contributed by atoms with van der Waals surface area (Å²) in [4.78, 5) is 15.8. The molecule has 1 N–H and O–H groups in total. The maximum absolute atomic E-state index is 12.4. The van der Waals surface area contributed by atoms with Gasteiger partial charge in [-0.2, -0.15) is 0 Å². The SMILES string of the molecule is CCSc1ccccc1C(=O)NCc1ccc(N(CC)CC)cc1. The van der Waals surface area contributed by atoms with E-state index in [2.05, 4.69) is 55.3 Å². The van der Waals surface area contributed by atoms with Gasteiger partial charge in [0, 0.05) is 30.2 Å². The van der Waals surface area contributed by atoms with E-state index >= 15 is 0 Å². The van der Waals surface area contributed by atoms with Crippen LogP contribution in [0.15, 0.2) is 53.4 Å². The van der Waals surface area contributed by atoms with Gasteiger partial charge in [0.25, 0.3) is 5.91 Å². The minimum absolute atomic E-state index is 0.0145. The summed E-state index contributed by atoms with van der Waals surface area (Å²) in [6, 6.07) is 16.2. The molecular weight excluding hydrogens is 316 g/mol. The Bertz CT molecular complexity index is 651. The maximum Gasteiger partial charge on any atom is 0.252 e. The summed E-state index contributed by atoms with van der Waals surface area (Å²) in [5, 5.41) is 3.02. The van der Waals surface area contributed by atoms with Gasteiger partial charge >= 0.3 is 0 Å². The summed E-state index contributed by atoms with van der Waals surface area (Å²) in [7, 11) is 0.